The Balaban J connectivity index is 1.79. The molecule has 4 rings (SSSR count). The highest BCUT2D eigenvalue weighted by Gasteiger charge is 2.60. The Morgan fingerprint density at radius 3 is 2.33 bits per heavy atom. The van der Waals surface area contributed by atoms with Crippen LogP contribution in [0.4, 0.5) is 5.69 Å². The normalized spacial score (nSPS) is 20.3. The van der Waals surface area contributed by atoms with Crippen molar-refractivity contribution in [2.75, 3.05) is 12.0 Å². The largest absolute Gasteiger partial charge is 0.464 e. The number of anilines is 1. The van der Waals surface area contributed by atoms with Crippen LogP contribution in [0.3, 0.4) is 0 Å². The number of imide groups is 1. The molecule has 30 heavy (non-hydrogen) atoms. The van der Waals surface area contributed by atoms with Crippen LogP contribution in [0.15, 0.2) is 53.6 Å². The number of methoxy groups -OCH3 is 1. The third-order valence-electron chi connectivity index (χ3n) is 5.05. The first kappa shape index (κ1) is 19.8. The van der Waals surface area contributed by atoms with Gasteiger partial charge in [0.05, 0.1) is 23.4 Å². The number of rotatable bonds is 3. The highest BCUT2D eigenvalue weighted by atomic mass is 35.5. The van der Waals surface area contributed by atoms with Gasteiger partial charge in [-0.25, -0.2) is 14.7 Å². The lowest BCUT2D eigenvalue weighted by molar-refractivity contribution is -0.133. The Morgan fingerprint density at radius 1 is 1.03 bits per heavy atom. The molecule has 2 unspecified atom stereocenters. The molecule has 0 bridgehead atoms. The minimum absolute atomic E-state index is 0.0989. The molecule has 152 valence electrons. The molecule has 2 atom stereocenters. The summed E-state index contributed by atoms with van der Waals surface area (Å²) in [5.41, 5.74) is 1.10. The number of fused-ring (bicyclic) bond motifs is 1. The fourth-order valence-electron chi connectivity index (χ4n) is 3.56. The third-order valence-corrected chi connectivity index (χ3v) is 5.38. The number of hydrazone groups is 1. The molecule has 0 aromatic heterocycles. The van der Waals surface area contributed by atoms with E-state index >= 15 is 0 Å². The Kier molecular flexibility index (Phi) is 4.87. The van der Waals surface area contributed by atoms with E-state index in [1.165, 1.54) is 12.1 Å². The maximum atomic E-state index is 13.2. The molecule has 1 saturated heterocycles. The number of carbonyl (C=O) groups is 4. The van der Waals surface area contributed by atoms with E-state index in [2.05, 4.69) is 5.10 Å². The summed E-state index contributed by atoms with van der Waals surface area (Å²) >= 11 is 6.12. The lowest BCUT2D eigenvalue weighted by Crippen LogP contribution is -2.42. The van der Waals surface area contributed by atoms with Crippen LogP contribution in [0.2, 0.25) is 5.02 Å². The topological polar surface area (TPSA) is 96.3 Å². The van der Waals surface area contributed by atoms with Crippen LogP contribution in [0.25, 0.3) is 0 Å². The van der Waals surface area contributed by atoms with Gasteiger partial charge in [-0.2, -0.15) is 5.10 Å². The van der Waals surface area contributed by atoms with Crippen molar-refractivity contribution in [3.05, 3.63) is 64.7 Å². The minimum atomic E-state index is -1.29. The fraction of sp³-hybridized carbons (Fsp3) is 0.190. The van der Waals surface area contributed by atoms with Crippen molar-refractivity contribution in [1.29, 1.82) is 0 Å². The maximum absolute atomic E-state index is 13.2. The van der Waals surface area contributed by atoms with Crippen LogP contribution in [0, 0.1) is 12.8 Å². The van der Waals surface area contributed by atoms with Crippen molar-refractivity contribution < 1.29 is 23.9 Å². The molecule has 0 N–H and O–H groups in total. The summed E-state index contributed by atoms with van der Waals surface area (Å²) in [5, 5.41) is 5.02. The van der Waals surface area contributed by atoms with E-state index in [9.17, 15) is 19.2 Å². The van der Waals surface area contributed by atoms with Crippen molar-refractivity contribution in [2.24, 2.45) is 11.0 Å². The summed E-state index contributed by atoms with van der Waals surface area (Å²) in [5.74, 6) is -4.13. The number of esters is 1. The van der Waals surface area contributed by atoms with Gasteiger partial charge >= 0.3 is 5.97 Å². The molecule has 0 saturated carbocycles. The van der Waals surface area contributed by atoms with E-state index < -0.39 is 35.7 Å². The Hall–Kier alpha value is -3.52. The molecule has 9 heteroatoms. The predicted octanol–water partition coefficient (Wildman–Crippen LogP) is 2.19. The van der Waals surface area contributed by atoms with Crippen LogP contribution >= 0.6 is 11.6 Å². The molecule has 2 heterocycles. The van der Waals surface area contributed by atoms with Crippen molar-refractivity contribution in [3.8, 4) is 0 Å². The van der Waals surface area contributed by atoms with Gasteiger partial charge in [0.1, 0.15) is 5.92 Å². The summed E-state index contributed by atoms with van der Waals surface area (Å²) in [7, 11) is 1.14. The van der Waals surface area contributed by atoms with Crippen LogP contribution in [0.1, 0.15) is 15.9 Å². The SMILES string of the molecule is COC(=O)C1=NN(C(=O)c2ccccc2Cl)C2C(=O)N(c3ccc(C)cc3)C(=O)C12. The average molecular weight is 426 g/mol. The molecule has 8 nitrogen and oxygen atoms in total. The summed E-state index contributed by atoms with van der Waals surface area (Å²) in [6.45, 7) is 1.87. The van der Waals surface area contributed by atoms with Crippen molar-refractivity contribution >= 4 is 46.7 Å². The number of nitrogens with zero attached hydrogens (tertiary/aromatic N) is 3. The second-order valence-electron chi connectivity index (χ2n) is 6.88. The number of halogens is 1. The van der Waals surface area contributed by atoms with Gasteiger partial charge < -0.3 is 4.74 Å². The van der Waals surface area contributed by atoms with E-state index in [1.807, 2.05) is 6.92 Å². The van der Waals surface area contributed by atoms with Gasteiger partial charge in [0.2, 0.25) is 5.91 Å². The summed E-state index contributed by atoms with van der Waals surface area (Å²) in [6.07, 6.45) is 0. The van der Waals surface area contributed by atoms with Gasteiger partial charge in [0.15, 0.2) is 11.8 Å². The first-order valence-corrected chi connectivity index (χ1v) is 9.42. The van der Waals surface area contributed by atoms with Crippen LogP contribution in [-0.4, -0.2) is 47.6 Å². The highest BCUT2D eigenvalue weighted by Crippen LogP contribution is 2.36. The van der Waals surface area contributed by atoms with E-state index in [0.717, 1.165) is 22.6 Å². The standard InChI is InChI=1S/C21H16ClN3O5/c1-11-7-9-12(10-8-11)24-19(27)15-16(21(29)30-2)23-25(17(15)20(24)28)18(26)13-5-3-4-6-14(13)22/h3-10,15,17H,1-2H3. The highest BCUT2D eigenvalue weighted by molar-refractivity contribution is 6.47. The molecule has 2 aromatic carbocycles. The molecule has 0 radical (unpaired) electrons. The molecule has 0 aliphatic carbocycles. The van der Waals surface area contributed by atoms with Crippen LogP contribution < -0.4 is 4.90 Å². The Labute approximate surface area is 176 Å². The zero-order valence-corrected chi connectivity index (χ0v) is 16.8. The molecule has 2 aromatic rings. The van der Waals surface area contributed by atoms with E-state index in [-0.39, 0.29) is 16.3 Å². The summed E-state index contributed by atoms with van der Waals surface area (Å²) < 4.78 is 4.72. The van der Waals surface area contributed by atoms with Gasteiger partial charge in [-0.1, -0.05) is 41.4 Å². The van der Waals surface area contributed by atoms with Gasteiger partial charge in [0, 0.05) is 0 Å². The van der Waals surface area contributed by atoms with E-state index in [4.69, 9.17) is 16.3 Å². The molecular weight excluding hydrogens is 410 g/mol. The smallest absolute Gasteiger partial charge is 0.355 e. The van der Waals surface area contributed by atoms with Gasteiger partial charge in [-0.15, -0.1) is 0 Å². The monoisotopic (exact) mass is 425 g/mol. The Morgan fingerprint density at radius 2 is 1.70 bits per heavy atom. The van der Waals surface area contributed by atoms with Crippen LogP contribution in [0.5, 0.6) is 0 Å². The minimum Gasteiger partial charge on any atom is -0.464 e. The summed E-state index contributed by atoms with van der Waals surface area (Å²) in [6, 6.07) is 11.7. The number of hydrogen-bond acceptors (Lipinski definition) is 6. The number of amides is 3. The first-order chi connectivity index (χ1) is 14.3. The van der Waals surface area contributed by atoms with Gasteiger partial charge in [-0.05, 0) is 31.2 Å². The number of ether oxygens (including phenoxy) is 1. The number of hydrogen-bond donors (Lipinski definition) is 0. The number of carbonyl (C=O) groups excluding carboxylic acids is 4. The zero-order chi connectivity index (χ0) is 21.6. The summed E-state index contributed by atoms with van der Waals surface area (Å²) in [4.78, 5) is 52.7. The van der Waals surface area contributed by atoms with Crippen molar-refractivity contribution in [3.63, 3.8) is 0 Å². The molecule has 1 fully saturated rings. The fourth-order valence-corrected chi connectivity index (χ4v) is 3.78. The van der Waals surface area contributed by atoms with E-state index in [1.54, 1.807) is 36.4 Å². The molecule has 0 spiro atoms. The third kappa shape index (κ3) is 2.96. The molecule has 3 amide bonds. The lowest BCUT2D eigenvalue weighted by atomic mass is 9.97. The predicted molar refractivity (Wildman–Crippen MR) is 108 cm³/mol. The van der Waals surface area contributed by atoms with E-state index in [0.29, 0.717) is 5.69 Å². The lowest BCUT2D eigenvalue weighted by Gasteiger charge is -2.21. The zero-order valence-electron chi connectivity index (χ0n) is 16.0. The number of aryl methyl sites for hydroxylation is 1. The second kappa shape index (κ2) is 7.38. The van der Waals surface area contributed by atoms with Crippen LogP contribution in [-0.2, 0) is 19.1 Å². The number of benzene rings is 2. The quantitative estimate of drug-likeness (QED) is 0.554. The maximum Gasteiger partial charge on any atom is 0.355 e. The molecule has 2 aliphatic heterocycles. The second-order valence-corrected chi connectivity index (χ2v) is 7.28. The first-order valence-electron chi connectivity index (χ1n) is 9.04. The molecular formula is C21H16ClN3O5. The van der Waals surface area contributed by atoms with Gasteiger partial charge in [-0.3, -0.25) is 14.4 Å². The van der Waals surface area contributed by atoms with Crippen molar-refractivity contribution in [2.45, 2.75) is 13.0 Å². The van der Waals surface area contributed by atoms with Crippen molar-refractivity contribution in [1.82, 2.24) is 5.01 Å². The average Bonchev–Trinajstić information content (AvgIpc) is 3.25. The van der Waals surface area contributed by atoms with Gasteiger partial charge in [0.25, 0.3) is 11.8 Å². The Bertz CT molecular complexity index is 1110. The molecule has 2 aliphatic rings.